The van der Waals surface area contributed by atoms with Crippen molar-refractivity contribution in [2.45, 2.75) is 46.1 Å². The van der Waals surface area contributed by atoms with Crippen molar-refractivity contribution in [1.82, 2.24) is 15.1 Å². The maximum absolute atomic E-state index is 12.4. The molecule has 2 rings (SSSR count). The number of nitrogens with one attached hydrogen (secondary N) is 1. The van der Waals surface area contributed by atoms with Crippen LogP contribution in [0.25, 0.3) is 0 Å². The molecular weight excluding hydrogens is 202 g/mol. The van der Waals surface area contributed by atoms with Crippen molar-refractivity contribution in [3.8, 4) is 0 Å². The van der Waals surface area contributed by atoms with E-state index in [1.807, 2.05) is 18.7 Å². The third-order valence-electron chi connectivity index (χ3n) is 3.45. The zero-order valence-electron chi connectivity index (χ0n) is 10.2. The second-order valence-electron chi connectivity index (χ2n) is 4.51. The molecule has 4 heteroatoms. The second kappa shape index (κ2) is 4.28. The summed E-state index contributed by atoms with van der Waals surface area (Å²) in [5, 5.41) is 6.96. The quantitative estimate of drug-likeness (QED) is 0.830. The first-order valence-electron chi connectivity index (χ1n) is 5.97. The van der Waals surface area contributed by atoms with Crippen LogP contribution < -0.4 is 0 Å². The molecule has 1 N–H and O–H groups in total. The highest BCUT2D eigenvalue weighted by Crippen LogP contribution is 2.23. The number of rotatable bonds is 2. The molecule has 1 unspecified atom stereocenters. The van der Waals surface area contributed by atoms with Gasteiger partial charge in [0.1, 0.15) is 0 Å². The fourth-order valence-electron chi connectivity index (χ4n) is 2.54. The number of carbonyl (C=O) groups is 1. The number of carbonyl (C=O) groups excluding carboxylic acids is 1. The van der Waals surface area contributed by atoms with Crippen molar-refractivity contribution >= 4 is 5.91 Å². The summed E-state index contributed by atoms with van der Waals surface area (Å²) in [6, 6.07) is 0.418. The Kier molecular flexibility index (Phi) is 2.99. The first-order valence-corrected chi connectivity index (χ1v) is 5.97. The molecule has 4 nitrogen and oxygen atoms in total. The van der Waals surface area contributed by atoms with E-state index in [0.29, 0.717) is 6.04 Å². The van der Waals surface area contributed by atoms with Crippen LogP contribution in [0.1, 0.15) is 47.9 Å². The normalized spacial score (nSPS) is 20.4. The van der Waals surface area contributed by atoms with Gasteiger partial charge in [-0.1, -0.05) is 6.92 Å². The van der Waals surface area contributed by atoms with Gasteiger partial charge in [-0.15, -0.1) is 0 Å². The SMILES string of the molecule is CCC1CCCN1C(=O)c1c(C)n[nH]c1C. The van der Waals surface area contributed by atoms with Gasteiger partial charge in [0.25, 0.3) is 5.91 Å². The van der Waals surface area contributed by atoms with Crippen LogP contribution in [-0.2, 0) is 0 Å². The van der Waals surface area contributed by atoms with E-state index in [2.05, 4.69) is 17.1 Å². The highest BCUT2D eigenvalue weighted by molar-refractivity contribution is 5.96. The minimum Gasteiger partial charge on any atom is -0.336 e. The number of aryl methyl sites for hydroxylation is 2. The molecule has 1 atom stereocenters. The number of aromatic amines is 1. The molecule has 0 radical (unpaired) electrons. The minimum absolute atomic E-state index is 0.146. The van der Waals surface area contributed by atoms with Crippen LogP contribution in [0.3, 0.4) is 0 Å². The van der Waals surface area contributed by atoms with Crippen LogP contribution >= 0.6 is 0 Å². The third kappa shape index (κ3) is 1.72. The Morgan fingerprint density at radius 2 is 2.31 bits per heavy atom. The van der Waals surface area contributed by atoms with Gasteiger partial charge in [-0.2, -0.15) is 5.10 Å². The first-order chi connectivity index (χ1) is 7.65. The van der Waals surface area contributed by atoms with Crippen LogP contribution in [0.15, 0.2) is 0 Å². The van der Waals surface area contributed by atoms with Gasteiger partial charge in [0.05, 0.1) is 11.3 Å². The van der Waals surface area contributed by atoms with Gasteiger partial charge in [0.15, 0.2) is 0 Å². The number of H-pyrrole nitrogens is 1. The Bertz CT molecular complexity index is 377. The standard InChI is InChI=1S/C12H19N3O/c1-4-10-6-5-7-15(10)12(16)11-8(2)13-14-9(11)3/h10H,4-7H2,1-3H3,(H,13,14). The van der Waals surface area contributed by atoms with Crippen molar-refractivity contribution in [2.24, 2.45) is 0 Å². The van der Waals surface area contributed by atoms with Gasteiger partial charge in [-0.25, -0.2) is 0 Å². The Morgan fingerprint density at radius 3 is 2.88 bits per heavy atom. The van der Waals surface area contributed by atoms with E-state index in [0.717, 1.165) is 42.8 Å². The predicted octanol–water partition coefficient (Wildman–Crippen LogP) is 2.04. The fraction of sp³-hybridized carbons (Fsp3) is 0.667. The van der Waals surface area contributed by atoms with E-state index in [-0.39, 0.29) is 5.91 Å². The molecular formula is C12H19N3O. The maximum Gasteiger partial charge on any atom is 0.257 e. The molecule has 1 saturated heterocycles. The van der Waals surface area contributed by atoms with E-state index in [4.69, 9.17) is 0 Å². The van der Waals surface area contributed by atoms with Crippen LogP contribution in [0.5, 0.6) is 0 Å². The van der Waals surface area contributed by atoms with Crippen molar-refractivity contribution in [1.29, 1.82) is 0 Å². The van der Waals surface area contributed by atoms with E-state index in [1.54, 1.807) is 0 Å². The summed E-state index contributed by atoms with van der Waals surface area (Å²) >= 11 is 0. The van der Waals surface area contributed by atoms with Gasteiger partial charge < -0.3 is 4.90 Å². The molecule has 0 bridgehead atoms. The predicted molar refractivity (Wildman–Crippen MR) is 62.4 cm³/mol. The zero-order chi connectivity index (χ0) is 11.7. The van der Waals surface area contributed by atoms with Crippen molar-refractivity contribution < 1.29 is 4.79 Å². The summed E-state index contributed by atoms with van der Waals surface area (Å²) in [6.07, 6.45) is 3.31. The summed E-state index contributed by atoms with van der Waals surface area (Å²) in [4.78, 5) is 14.4. The van der Waals surface area contributed by atoms with E-state index < -0.39 is 0 Å². The first kappa shape index (κ1) is 11.2. The monoisotopic (exact) mass is 221 g/mol. The molecule has 1 aliphatic heterocycles. The minimum atomic E-state index is 0.146. The van der Waals surface area contributed by atoms with Gasteiger partial charge in [-0.3, -0.25) is 9.89 Å². The lowest BCUT2D eigenvalue weighted by Crippen LogP contribution is -2.35. The molecule has 1 aromatic rings. The highest BCUT2D eigenvalue weighted by Gasteiger charge is 2.30. The van der Waals surface area contributed by atoms with E-state index in [9.17, 15) is 4.79 Å². The lowest BCUT2D eigenvalue weighted by atomic mass is 10.1. The molecule has 1 aromatic heterocycles. The van der Waals surface area contributed by atoms with Crippen LogP contribution in [0.2, 0.25) is 0 Å². The van der Waals surface area contributed by atoms with Gasteiger partial charge in [0, 0.05) is 18.3 Å². The fourth-order valence-corrected chi connectivity index (χ4v) is 2.54. The Hall–Kier alpha value is -1.32. The number of aromatic nitrogens is 2. The van der Waals surface area contributed by atoms with Crippen molar-refractivity contribution in [2.75, 3.05) is 6.54 Å². The van der Waals surface area contributed by atoms with Crippen LogP contribution in [0.4, 0.5) is 0 Å². The van der Waals surface area contributed by atoms with Crippen molar-refractivity contribution in [3.63, 3.8) is 0 Å². The van der Waals surface area contributed by atoms with Gasteiger partial charge >= 0.3 is 0 Å². The van der Waals surface area contributed by atoms with Crippen LogP contribution in [0, 0.1) is 13.8 Å². The average molecular weight is 221 g/mol. The molecule has 1 amide bonds. The molecule has 0 aromatic carbocycles. The maximum atomic E-state index is 12.4. The lowest BCUT2D eigenvalue weighted by molar-refractivity contribution is 0.0732. The molecule has 1 aliphatic rings. The topological polar surface area (TPSA) is 49.0 Å². The number of amides is 1. The Morgan fingerprint density at radius 1 is 1.56 bits per heavy atom. The summed E-state index contributed by atoms with van der Waals surface area (Å²) in [5.74, 6) is 0.146. The smallest absolute Gasteiger partial charge is 0.257 e. The molecule has 0 aliphatic carbocycles. The molecule has 16 heavy (non-hydrogen) atoms. The lowest BCUT2D eigenvalue weighted by Gasteiger charge is -2.23. The molecule has 0 spiro atoms. The largest absolute Gasteiger partial charge is 0.336 e. The number of likely N-dealkylation sites (tertiary alicyclic amines) is 1. The second-order valence-corrected chi connectivity index (χ2v) is 4.51. The number of nitrogens with zero attached hydrogens (tertiary/aromatic N) is 2. The molecule has 0 saturated carbocycles. The molecule has 2 heterocycles. The number of hydrogen-bond acceptors (Lipinski definition) is 2. The number of hydrogen-bond donors (Lipinski definition) is 1. The van der Waals surface area contributed by atoms with Crippen molar-refractivity contribution in [3.05, 3.63) is 17.0 Å². The summed E-state index contributed by atoms with van der Waals surface area (Å²) in [7, 11) is 0. The average Bonchev–Trinajstić information content (AvgIpc) is 2.85. The summed E-state index contributed by atoms with van der Waals surface area (Å²) in [5.41, 5.74) is 2.45. The van der Waals surface area contributed by atoms with E-state index in [1.165, 1.54) is 0 Å². The van der Waals surface area contributed by atoms with Gasteiger partial charge in [-0.05, 0) is 33.1 Å². The van der Waals surface area contributed by atoms with Crippen LogP contribution in [-0.4, -0.2) is 33.6 Å². The molecule has 88 valence electrons. The third-order valence-corrected chi connectivity index (χ3v) is 3.45. The highest BCUT2D eigenvalue weighted by atomic mass is 16.2. The molecule has 1 fully saturated rings. The summed E-state index contributed by atoms with van der Waals surface area (Å²) in [6.45, 7) is 6.82. The summed E-state index contributed by atoms with van der Waals surface area (Å²) < 4.78 is 0. The Labute approximate surface area is 96.0 Å². The Balaban J connectivity index is 2.25. The van der Waals surface area contributed by atoms with E-state index >= 15 is 0 Å². The zero-order valence-corrected chi connectivity index (χ0v) is 10.2. The van der Waals surface area contributed by atoms with Gasteiger partial charge in [0.2, 0.25) is 0 Å².